The molecule has 0 fully saturated rings. The highest BCUT2D eigenvalue weighted by Gasteiger charge is 2.28. The summed E-state index contributed by atoms with van der Waals surface area (Å²) in [6, 6.07) is 9.20. The number of halogens is 1. The SMILES string of the molecule is COc1cccc2c1OCC(C(=O)Nc1cc(F)cc(C(=O)Nc3cnn(C)c3)c1)C2. The Bertz CT molecular complexity index is 1140. The minimum absolute atomic E-state index is 0.0779. The number of hydrogen-bond acceptors (Lipinski definition) is 5. The molecule has 1 atom stereocenters. The first-order valence-electron chi connectivity index (χ1n) is 9.63. The molecule has 1 unspecified atom stereocenters. The summed E-state index contributed by atoms with van der Waals surface area (Å²) in [5.41, 5.74) is 1.62. The molecule has 0 bridgehead atoms. The first-order valence-corrected chi connectivity index (χ1v) is 9.63. The lowest BCUT2D eigenvalue weighted by Gasteiger charge is -2.25. The van der Waals surface area contributed by atoms with E-state index in [0.29, 0.717) is 23.6 Å². The average Bonchev–Trinajstić information content (AvgIpc) is 3.16. The normalized spacial score (nSPS) is 14.9. The zero-order chi connectivity index (χ0) is 22.0. The third-order valence-electron chi connectivity index (χ3n) is 4.94. The number of anilines is 2. The summed E-state index contributed by atoms with van der Waals surface area (Å²) in [5, 5.41) is 9.29. The zero-order valence-electron chi connectivity index (χ0n) is 17.0. The van der Waals surface area contributed by atoms with Gasteiger partial charge in [0, 0.05) is 24.5 Å². The minimum Gasteiger partial charge on any atom is -0.493 e. The van der Waals surface area contributed by atoms with Crippen LogP contribution in [0.15, 0.2) is 48.8 Å². The van der Waals surface area contributed by atoms with Crippen molar-refractivity contribution in [2.24, 2.45) is 13.0 Å². The number of carbonyl (C=O) groups is 2. The lowest BCUT2D eigenvalue weighted by Crippen LogP contribution is -2.32. The Balaban J connectivity index is 1.46. The van der Waals surface area contributed by atoms with Crippen molar-refractivity contribution in [3.63, 3.8) is 0 Å². The second-order valence-electron chi connectivity index (χ2n) is 7.24. The maximum atomic E-state index is 14.1. The molecule has 1 aliphatic heterocycles. The summed E-state index contributed by atoms with van der Waals surface area (Å²) in [4.78, 5) is 25.2. The van der Waals surface area contributed by atoms with Crippen molar-refractivity contribution in [3.8, 4) is 11.5 Å². The number of aryl methyl sites for hydroxylation is 1. The van der Waals surface area contributed by atoms with Crippen LogP contribution in [0.2, 0.25) is 0 Å². The molecule has 0 saturated carbocycles. The molecule has 0 aliphatic carbocycles. The third kappa shape index (κ3) is 4.50. The molecule has 2 amide bonds. The van der Waals surface area contributed by atoms with Crippen LogP contribution in [0, 0.1) is 11.7 Å². The van der Waals surface area contributed by atoms with Gasteiger partial charge in [-0.05, 0) is 36.2 Å². The molecule has 2 N–H and O–H groups in total. The highest BCUT2D eigenvalue weighted by Crippen LogP contribution is 2.36. The Morgan fingerprint density at radius 3 is 2.81 bits per heavy atom. The number of fused-ring (bicyclic) bond motifs is 1. The van der Waals surface area contributed by atoms with Gasteiger partial charge in [-0.25, -0.2) is 4.39 Å². The van der Waals surface area contributed by atoms with Crippen molar-refractivity contribution in [2.75, 3.05) is 24.4 Å². The van der Waals surface area contributed by atoms with Crippen LogP contribution in [-0.2, 0) is 18.3 Å². The van der Waals surface area contributed by atoms with E-state index in [4.69, 9.17) is 9.47 Å². The quantitative estimate of drug-likeness (QED) is 0.657. The number of ether oxygens (including phenoxy) is 2. The van der Waals surface area contributed by atoms with Gasteiger partial charge in [0.1, 0.15) is 12.4 Å². The predicted octanol–water partition coefficient (Wildman–Crippen LogP) is 3.01. The van der Waals surface area contributed by atoms with Gasteiger partial charge >= 0.3 is 0 Å². The maximum absolute atomic E-state index is 14.1. The van der Waals surface area contributed by atoms with Gasteiger partial charge in [0.05, 0.1) is 24.9 Å². The number of para-hydroxylation sites is 1. The molecule has 2 heterocycles. The van der Waals surface area contributed by atoms with E-state index in [1.165, 1.54) is 23.0 Å². The fourth-order valence-electron chi connectivity index (χ4n) is 3.45. The lowest BCUT2D eigenvalue weighted by molar-refractivity contribution is -0.121. The second-order valence-corrected chi connectivity index (χ2v) is 7.24. The number of carbonyl (C=O) groups excluding carboxylic acids is 2. The van der Waals surface area contributed by atoms with E-state index in [9.17, 15) is 14.0 Å². The number of nitrogens with one attached hydrogen (secondary N) is 2. The van der Waals surface area contributed by atoms with Crippen LogP contribution in [0.5, 0.6) is 11.5 Å². The van der Waals surface area contributed by atoms with E-state index in [2.05, 4.69) is 15.7 Å². The number of amides is 2. The molecule has 8 nitrogen and oxygen atoms in total. The summed E-state index contributed by atoms with van der Waals surface area (Å²) in [7, 11) is 3.28. The molecule has 9 heteroatoms. The largest absolute Gasteiger partial charge is 0.493 e. The van der Waals surface area contributed by atoms with Crippen molar-refractivity contribution in [1.82, 2.24) is 9.78 Å². The van der Waals surface area contributed by atoms with Crippen LogP contribution in [-0.4, -0.2) is 35.3 Å². The molecule has 0 radical (unpaired) electrons. The fraction of sp³-hybridized carbons (Fsp3) is 0.227. The van der Waals surface area contributed by atoms with Crippen molar-refractivity contribution >= 4 is 23.2 Å². The van der Waals surface area contributed by atoms with Gasteiger partial charge < -0.3 is 20.1 Å². The number of hydrogen-bond donors (Lipinski definition) is 2. The zero-order valence-corrected chi connectivity index (χ0v) is 17.0. The summed E-state index contributed by atoms with van der Waals surface area (Å²) in [6.07, 6.45) is 3.56. The predicted molar refractivity (Wildman–Crippen MR) is 112 cm³/mol. The number of aromatic nitrogens is 2. The molecule has 0 spiro atoms. The van der Waals surface area contributed by atoms with Gasteiger partial charge in [0.25, 0.3) is 5.91 Å². The maximum Gasteiger partial charge on any atom is 0.255 e. The molecule has 1 aromatic heterocycles. The van der Waals surface area contributed by atoms with Gasteiger partial charge in [0.15, 0.2) is 11.5 Å². The Kier molecular flexibility index (Phi) is 5.57. The van der Waals surface area contributed by atoms with Gasteiger partial charge in [0.2, 0.25) is 5.91 Å². The van der Waals surface area contributed by atoms with Gasteiger partial charge in [-0.3, -0.25) is 14.3 Å². The Morgan fingerprint density at radius 2 is 2.06 bits per heavy atom. The van der Waals surface area contributed by atoms with Crippen molar-refractivity contribution in [3.05, 3.63) is 65.7 Å². The molecular formula is C22H21FN4O4. The van der Waals surface area contributed by atoms with Crippen LogP contribution < -0.4 is 20.1 Å². The monoisotopic (exact) mass is 424 g/mol. The summed E-state index contributed by atoms with van der Waals surface area (Å²) < 4.78 is 26.7. The highest BCUT2D eigenvalue weighted by molar-refractivity contribution is 6.05. The van der Waals surface area contributed by atoms with E-state index < -0.39 is 17.6 Å². The lowest BCUT2D eigenvalue weighted by atomic mass is 9.95. The van der Waals surface area contributed by atoms with E-state index in [1.807, 2.05) is 12.1 Å². The Morgan fingerprint density at radius 1 is 1.23 bits per heavy atom. The van der Waals surface area contributed by atoms with E-state index in [1.54, 1.807) is 26.4 Å². The number of methoxy groups -OCH3 is 1. The van der Waals surface area contributed by atoms with Crippen LogP contribution in [0.4, 0.5) is 15.8 Å². The first-order chi connectivity index (χ1) is 14.9. The third-order valence-corrected chi connectivity index (χ3v) is 4.94. The van der Waals surface area contributed by atoms with Gasteiger partial charge in [-0.15, -0.1) is 0 Å². The van der Waals surface area contributed by atoms with E-state index >= 15 is 0 Å². The Labute approximate surface area is 178 Å². The molecule has 0 saturated heterocycles. The molecular weight excluding hydrogens is 403 g/mol. The number of benzene rings is 2. The molecule has 3 aromatic rings. The number of rotatable bonds is 5. The molecule has 160 valence electrons. The smallest absolute Gasteiger partial charge is 0.255 e. The van der Waals surface area contributed by atoms with Crippen molar-refractivity contribution in [2.45, 2.75) is 6.42 Å². The van der Waals surface area contributed by atoms with Gasteiger partial charge in [-0.1, -0.05) is 12.1 Å². The van der Waals surface area contributed by atoms with Gasteiger partial charge in [-0.2, -0.15) is 5.10 Å². The second kappa shape index (κ2) is 8.47. The number of nitrogens with zero attached hydrogens (tertiary/aromatic N) is 2. The minimum atomic E-state index is -0.635. The topological polar surface area (TPSA) is 94.5 Å². The van der Waals surface area contributed by atoms with E-state index in [0.717, 1.165) is 11.6 Å². The summed E-state index contributed by atoms with van der Waals surface area (Å²) in [5.74, 6) is -0.678. The summed E-state index contributed by atoms with van der Waals surface area (Å²) >= 11 is 0. The summed E-state index contributed by atoms with van der Waals surface area (Å²) in [6.45, 7) is 0.170. The van der Waals surface area contributed by atoms with Crippen LogP contribution in [0.25, 0.3) is 0 Å². The molecule has 1 aliphatic rings. The molecule has 2 aromatic carbocycles. The van der Waals surface area contributed by atoms with E-state index in [-0.39, 0.29) is 23.8 Å². The van der Waals surface area contributed by atoms with Crippen molar-refractivity contribution in [1.29, 1.82) is 0 Å². The molecule has 31 heavy (non-hydrogen) atoms. The average molecular weight is 424 g/mol. The Hall–Kier alpha value is -3.88. The van der Waals surface area contributed by atoms with Crippen LogP contribution in [0.3, 0.4) is 0 Å². The highest BCUT2D eigenvalue weighted by atomic mass is 19.1. The molecule has 4 rings (SSSR count). The van der Waals surface area contributed by atoms with Crippen LogP contribution >= 0.6 is 0 Å². The fourth-order valence-corrected chi connectivity index (χ4v) is 3.45. The first kappa shape index (κ1) is 20.4. The van der Waals surface area contributed by atoms with Crippen molar-refractivity contribution < 1.29 is 23.5 Å². The van der Waals surface area contributed by atoms with Crippen LogP contribution in [0.1, 0.15) is 15.9 Å². The standard InChI is InChI=1S/C22H21FN4O4/c1-27-11-18(10-24-27)26-21(28)14-7-16(23)9-17(8-14)25-22(29)15-6-13-4-3-5-19(30-2)20(13)31-12-15/h3-5,7-11,15H,6,12H2,1-2H3,(H,25,29)(H,26,28).